The fourth-order valence-electron chi connectivity index (χ4n) is 3.47. The molecule has 0 saturated carbocycles. The number of benzene rings is 1. The van der Waals surface area contributed by atoms with Crippen LogP contribution in [0.15, 0.2) is 52.7 Å². The van der Waals surface area contributed by atoms with Crippen LogP contribution < -0.4 is 5.32 Å². The summed E-state index contributed by atoms with van der Waals surface area (Å²) in [6, 6.07) is 10.6. The molecule has 3 amide bonds. The van der Waals surface area contributed by atoms with Crippen LogP contribution in [0, 0.1) is 0 Å². The Labute approximate surface area is 172 Å². The highest BCUT2D eigenvalue weighted by Gasteiger charge is 2.34. The second-order valence-electron chi connectivity index (χ2n) is 7.24. The number of hydrogen-bond acceptors (Lipinski definition) is 5. The third-order valence-corrected chi connectivity index (χ3v) is 4.95. The topological polar surface area (TPSA) is 93.8 Å². The second-order valence-corrected chi connectivity index (χ2v) is 7.24. The molecule has 1 saturated heterocycles. The van der Waals surface area contributed by atoms with Crippen LogP contribution in [-0.2, 0) is 16.1 Å². The van der Waals surface area contributed by atoms with Crippen LogP contribution in [0.3, 0.4) is 0 Å². The molecular weight excluding hydrogens is 386 g/mol. The first kappa shape index (κ1) is 19.5. The molecule has 0 aliphatic carbocycles. The molecule has 30 heavy (non-hydrogen) atoms. The average Bonchev–Trinajstić information content (AvgIpc) is 3.41. The van der Waals surface area contributed by atoms with E-state index in [1.807, 2.05) is 30.5 Å². The van der Waals surface area contributed by atoms with Gasteiger partial charge in [-0.1, -0.05) is 18.2 Å². The number of para-hydroxylation sites is 1. The number of nitrogens with one attached hydrogen (secondary N) is 1. The summed E-state index contributed by atoms with van der Waals surface area (Å²) >= 11 is 0. The first-order chi connectivity index (χ1) is 14.4. The minimum absolute atomic E-state index is 0.0109. The Kier molecular flexibility index (Phi) is 4.91. The molecule has 3 aromatic rings. The number of urea groups is 1. The maximum absolute atomic E-state index is 12.8. The molecule has 1 N–H and O–H groups in total. The molecule has 1 aliphatic heterocycles. The summed E-state index contributed by atoms with van der Waals surface area (Å²) in [4.78, 5) is 37.8. The zero-order valence-electron chi connectivity index (χ0n) is 16.8. The van der Waals surface area contributed by atoms with Crippen LogP contribution in [0.5, 0.6) is 0 Å². The molecule has 8 nitrogen and oxygen atoms in total. The molecule has 4 rings (SSSR count). The Morgan fingerprint density at radius 2 is 1.97 bits per heavy atom. The number of carbonyl (C=O) groups excluding carboxylic acids is 3. The SMILES string of the molecule is COC(=O)c1ccc(CN2C(=O)NC(=Cc3cn(C(C)C)c4ccccc34)C2=O)o1. The Morgan fingerprint density at radius 3 is 2.70 bits per heavy atom. The normalized spacial score (nSPS) is 15.5. The van der Waals surface area contributed by atoms with Gasteiger partial charge in [-0.25, -0.2) is 9.59 Å². The second kappa shape index (κ2) is 7.55. The summed E-state index contributed by atoms with van der Waals surface area (Å²) in [5, 5.41) is 3.62. The molecule has 0 bridgehead atoms. The van der Waals surface area contributed by atoms with Crippen molar-refractivity contribution >= 4 is 34.9 Å². The number of carbonyl (C=O) groups is 3. The van der Waals surface area contributed by atoms with Gasteiger partial charge in [0.1, 0.15) is 11.5 Å². The van der Waals surface area contributed by atoms with Crippen molar-refractivity contribution in [3.8, 4) is 0 Å². The summed E-state index contributed by atoms with van der Waals surface area (Å²) in [5.74, 6) is -0.772. The smallest absolute Gasteiger partial charge is 0.373 e. The van der Waals surface area contributed by atoms with Crippen LogP contribution in [-0.4, -0.2) is 34.5 Å². The van der Waals surface area contributed by atoms with Crippen molar-refractivity contribution in [1.29, 1.82) is 0 Å². The van der Waals surface area contributed by atoms with Gasteiger partial charge >= 0.3 is 12.0 Å². The highest BCUT2D eigenvalue weighted by molar-refractivity contribution is 6.14. The average molecular weight is 407 g/mol. The van der Waals surface area contributed by atoms with Crippen molar-refractivity contribution in [2.24, 2.45) is 0 Å². The molecule has 0 radical (unpaired) electrons. The number of aromatic nitrogens is 1. The number of methoxy groups -OCH3 is 1. The van der Waals surface area contributed by atoms with Gasteiger partial charge in [-0.05, 0) is 38.1 Å². The summed E-state index contributed by atoms with van der Waals surface area (Å²) in [6.07, 6.45) is 3.66. The molecule has 154 valence electrons. The number of hydrogen-bond donors (Lipinski definition) is 1. The number of esters is 1. The maximum Gasteiger partial charge on any atom is 0.373 e. The molecule has 2 aromatic heterocycles. The fourth-order valence-corrected chi connectivity index (χ4v) is 3.47. The van der Waals surface area contributed by atoms with Crippen LogP contribution in [0.4, 0.5) is 4.79 Å². The molecule has 0 spiro atoms. The standard InChI is InChI=1S/C22H21N3O5/c1-13(2)24-11-14(16-6-4-5-7-18(16)24)10-17-20(26)25(22(28)23-17)12-15-8-9-19(30-15)21(27)29-3/h4-11,13H,12H2,1-3H3,(H,23,28). The van der Waals surface area contributed by atoms with Gasteiger partial charge in [-0.15, -0.1) is 0 Å². The van der Waals surface area contributed by atoms with E-state index in [1.165, 1.54) is 19.2 Å². The summed E-state index contributed by atoms with van der Waals surface area (Å²) in [5.41, 5.74) is 2.08. The lowest BCUT2D eigenvalue weighted by Crippen LogP contribution is -2.30. The van der Waals surface area contributed by atoms with Crippen LogP contribution in [0.2, 0.25) is 0 Å². The number of imide groups is 1. The number of rotatable bonds is 5. The van der Waals surface area contributed by atoms with Gasteiger partial charge in [0.2, 0.25) is 5.76 Å². The van der Waals surface area contributed by atoms with Gasteiger partial charge in [0.15, 0.2) is 0 Å². The van der Waals surface area contributed by atoms with E-state index in [9.17, 15) is 14.4 Å². The Hall–Kier alpha value is -3.81. The van der Waals surface area contributed by atoms with Crippen LogP contribution in [0.1, 0.15) is 41.8 Å². The van der Waals surface area contributed by atoms with E-state index in [1.54, 1.807) is 6.08 Å². The number of fused-ring (bicyclic) bond motifs is 1. The van der Waals surface area contributed by atoms with Crippen molar-refractivity contribution in [1.82, 2.24) is 14.8 Å². The highest BCUT2D eigenvalue weighted by Crippen LogP contribution is 2.27. The molecule has 8 heteroatoms. The predicted molar refractivity (Wildman–Crippen MR) is 109 cm³/mol. The third-order valence-electron chi connectivity index (χ3n) is 4.95. The molecule has 1 aromatic carbocycles. The lowest BCUT2D eigenvalue weighted by Gasteiger charge is -2.09. The quantitative estimate of drug-likeness (QED) is 0.395. The van der Waals surface area contributed by atoms with Crippen molar-refractivity contribution in [3.63, 3.8) is 0 Å². The number of amides is 3. The lowest BCUT2D eigenvalue weighted by molar-refractivity contribution is -0.123. The number of furan rings is 1. The van der Waals surface area contributed by atoms with Gasteiger partial charge in [0.25, 0.3) is 5.91 Å². The molecule has 0 atom stereocenters. The van der Waals surface area contributed by atoms with E-state index in [4.69, 9.17) is 4.42 Å². The van der Waals surface area contributed by atoms with E-state index < -0.39 is 17.9 Å². The van der Waals surface area contributed by atoms with Crippen LogP contribution in [0.25, 0.3) is 17.0 Å². The van der Waals surface area contributed by atoms with E-state index in [0.29, 0.717) is 5.76 Å². The molecule has 3 heterocycles. The van der Waals surface area contributed by atoms with Gasteiger partial charge in [0.05, 0.1) is 13.7 Å². The van der Waals surface area contributed by atoms with Gasteiger partial charge in [-0.2, -0.15) is 0 Å². The molecule has 1 aliphatic rings. The van der Waals surface area contributed by atoms with Gasteiger partial charge in [-0.3, -0.25) is 9.69 Å². The minimum atomic E-state index is -0.624. The van der Waals surface area contributed by atoms with Gasteiger partial charge in [0, 0.05) is 28.7 Å². The first-order valence-electron chi connectivity index (χ1n) is 9.50. The van der Waals surface area contributed by atoms with E-state index in [-0.39, 0.29) is 24.0 Å². The van der Waals surface area contributed by atoms with Crippen LogP contribution >= 0.6 is 0 Å². The highest BCUT2D eigenvalue weighted by atomic mass is 16.5. The monoisotopic (exact) mass is 407 g/mol. The summed E-state index contributed by atoms with van der Waals surface area (Å²) < 4.78 is 12.1. The van der Waals surface area contributed by atoms with Crippen molar-refractivity contribution < 1.29 is 23.5 Å². The van der Waals surface area contributed by atoms with E-state index in [2.05, 4.69) is 28.5 Å². The fraction of sp³-hybridized carbons (Fsp3) is 0.227. The van der Waals surface area contributed by atoms with Crippen molar-refractivity contribution in [2.75, 3.05) is 7.11 Å². The maximum atomic E-state index is 12.8. The molecule has 0 unspecified atom stereocenters. The van der Waals surface area contributed by atoms with Gasteiger partial charge < -0.3 is 19.0 Å². The largest absolute Gasteiger partial charge is 0.463 e. The Balaban J connectivity index is 1.62. The third kappa shape index (κ3) is 3.36. The summed E-state index contributed by atoms with van der Waals surface area (Å²) in [6.45, 7) is 4.08. The molecule has 1 fully saturated rings. The Bertz CT molecular complexity index is 1180. The lowest BCUT2D eigenvalue weighted by atomic mass is 10.1. The zero-order valence-corrected chi connectivity index (χ0v) is 16.8. The van der Waals surface area contributed by atoms with E-state index in [0.717, 1.165) is 21.4 Å². The predicted octanol–water partition coefficient (Wildman–Crippen LogP) is 3.69. The first-order valence-corrected chi connectivity index (χ1v) is 9.50. The number of nitrogens with zero attached hydrogens (tertiary/aromatic N) is 2. The molecular formula is C22H21N3O5. The zero-order chi connectivity index (χ0) is 21.4. The van der Waals surface area contributed by atoms with Crippen molar-refractivity contribution in [3.05, 3.63) is 65.4 Å². The van der Waals surface area contributed by atoms with Crippen molar-refractivity contribution in [2.45, 2.75) is 26.4 Å². The Morgan fingerprint density at radius 1 is 1.20 bits per heavy atom. The summed E-state index contributed by atoms with van der Waals surface area (Å²) in [7, 11) is 1.25. The van der Waals surface area contributed by atoms with E-state index >= 15 is 0 Å². The minimum Gasteiger partial charge on any atom is -0.463 e. The number of ether oxygens (including phenoxy) is 1.